The highest BCUT2D eigenvalue weighted by molar-refractivity contribution is 5.93. The van der Waals surface area contributed by atoms with E-state index in [1.807, 2.05) is 0 Å². The number of fused-ring (bicyclic) bond motifs is 1. The van der Waals surface area contributed by atoms with Gasteiger partial charge < -0.3 is 19.9 Å². The van der Waals surface area contributed by atoms with Crippen molar-refractivity contribution in [1.82, 2.24) is 5.32 Å². The third-order valence-electron chi connectivity index (χ3n) is 2.59. The Hall–Kier alpha value is -2.24. The molecule has 18 heavy (non-hydrogen) atoms. The van der Waals surface area contributed by atoms with E-state index in [0.29, 0.717) is 11.5 Å². The number of hydrogen-bond acceptors (Lipinski definition) is 4. The van der Waals surface area contributed by atoms with Crippen molar-refractivity contribution in [3.05, 3.63) is 23.8 Å². The predicted octanol–water partition coefficient (Wildman–Crippen LogP) is 1.07. The lowest BCUT2D eigenvalue weighted by molar-refractivity contribution is -0.140. The predicted molar refractivity (Wildman–Crippen MR) is 61.4 cm³/mol. The van der Waals surface area contributed by atoms with Gasteiger partial charge in [-0.15, -0.1) is 0 Å². The fraction of sp³-hybridized carbons (Fsp3) is 0.333. The first-order valence-electron chi connectivity index (χ1n) is 5.47. The maximum absolute atomic E-state index is 11.3. The molecule has 6 heteroatoms. The molecular formula is C12H13NO5. The standard InChI is InChI=1S/C12H13NO5/c1-7(13-11(14)5-12(15)16)8-2-3-9-10(4-8)18-6-17-9/h2-4,7H,5-6H2,1H3,(H,13,14)(H,15,16). The van der Waals surface area contributed by atoms with E-state index in [9.17, 15) is 9.59 Å². The minimum atomic E-state index is -1.15. The molecule has 1 amide bonds. The van der Waals surface area contributed by atoms with Gasteiger partial charge in [-0.25, -0.2) is 0 Å². The van der Waals surface area contributed by atoms with Gasteiger partial charge >= 0.3 is 5.97 Å². The van der Waals surface area contributed by atoms with Crippen molar-refractivity contribution in [2.24, 2.45) is 0 Å². The number of ether oxygens (including phenoxy) is 2. The molecule has 6 nitrogen and oxygen atoms in total. The molecule has 1 unspecified atom stereocenters. The van der Waals surface area contributed by atoms with Gasteiger partial charge in [0.2, 0.25) is 12.7 Å². The van der Waals surface area contributed by atoms with Crippen LogP contribution in [0.3, 0.4) is 0 Å². The van der Waals surface area contributed by atoms with Crippen molar-refractivity contribution in [2.45, 2.75) is 19.4 Å². The maximum Gasteiger partial charge on any atom is 0.312 e. The van der Waals surface area contributed by atoms with E-state index >= 15 is 0 Å². The van der Waals surface area contributed by atoms with Crippen molar-refractivity contribution in [2.75, 3.05) is 6.79 Å². The third kappa shape index (κ3) is 2.71. The maximum atomic E-state index is 11.3. The Bertz CT molecular complexity index is 485. The average molecular weight is 251 g/mol. The second-order valence-electron chi connectivity index (χ2n) is 3.97. The molecule has 0 aliphatic carbocycles. The van der Waals surface area contributed by atoms with Gasteiger partial charge in [0.25, 0.3) is 0 Å². The van der Waals surface area contributed by atoms with Crippen LogP contribution in [-0.2, 0) is 9.59 Å². The lowest BCUT2D eigenvalue weighted by atomic mass is 10.1. The SMILES string of the molecule is CC(NC(=O)CC(=O)O)c1ccc2c(c1)OCO2. The van der Waals surface area contributed by atoms with Gasteiger partial charge in [-0.05, 0) is 24.6 Å². The summed E-state index contributed by atoms with van der Waals surface area (Å²) in [4.78, 5) is 21.7. The Balaban J connectivity index is 2.03. The quantitative estimate of drug-likeness (QED) is 0.782. The van der Waals surface area contributed by atoms with Gasteiger partial charge in [0.05, 0.1) is 6.04 Å². The Morgan fingerprint density at radius 2 is 2.11 bits per heavy atom. The van der Waals surface area contributed by atoms with Crippen LogP contribution in [0.1, 0.15) is 24.9 Å². The van der Waals surface area contributed by atoms with Gasteiger partial charge in [-0.2, -0.15) is 0 Å². The summed E-state index contributed by atoms with van der Waals surface area (Å²) in [6.07, 6.45) is -0.533. The van der Waals surface area contributed by atoms with Crippen LogP contribution >= 0.6 is 0 Å². The number of rotatable bonds is 4. The molecule has 1 heterocycles. The van der Waals surface area contributed by atoms with Gasteiger partial charge in [-0.3, -0.25) is 9.59 Å². The van der Waals surface area contributed by atoms with E-state index < -0.39 is 18.3 Å². The number of carboxylic acids is 1. The smallest absolute Gasteiger partial charge is 0.312 e. The Labute approximate surface area is 104 Å². The molecule has 1 aromatic carbocycles. The van der Waals surface area contributed by atoms with E-state index in [0.717, 1.165) is 5.56 Å². The molecule has 0 saturated heterocycles. The molecule has 2 N–H and O–H groups in total. The summed E-state index contributed by atoms with van der Waals surface area (Å²) in [5, 5.41) is 11.1. The summed E-state index contributed by atoms with van der Waals surface area (Å²) in [6.45, 7) is 1.97. The van der Waals surface area contributed by atoms with Gasteiger partial charge in [-0.1, -0.05) is 6.07 Å². The fourth-order valence-electron chi connectivity index (χ4n) is 1.70. The number of benzene rings is 1. The highest BCUT2D eigenvalue weighted by atomic mass is 16.7. The highest BCUT2D eigenvalue weighted by Gasteiger charge is 2.17. The summed E-state index contributed by atoms with van der Waals surface area (Å²) >= 11 is 0. The lowest BCUT2D eigenvalue weighted by Gasteiger charge is -2.14. The molecule has 1 aromatic rings. The van der Waals surface area contributed by atoms with Crippen molar-refractivity contribution in [1.29, 1.82) is 0 Å². The normalized spacial score (nSPS) is 14.1. The molecular weight excluding hydrogens is 238 g/mol. The van der Waals surface area contributed by atoms with Crippen LogP contribution < -0.4 is 14.8 Å². The summed E-state index contributed by atoms with van der Waals surface area (Å²) in [5.74, 6) is -0.368. The molecule has 0 spiro atoms. The molecule has 2 rings (SSSR count). The molecule has 0 saturated carbocycles. The first-order chi connectivity index (χ1) is 8.56. The number of carbonyl (C=O) groups excluding carboxylic acids is 1. The first-order valence-corrected chi connectivity index (χ1v) is 5.47. The Morgan fingerprint density at radius 1 is 1.39 bits per heavy atom. The summed E-state index contributed by atoms with van der Waals surface area (Å²) in [7, 11) is 0. The number of carbonyl (C=O) groups is 2. The Kier molecular flexibility index (Phi) is 3.36. The van der Waals surface area contributed by atoms with Crippen LogP contribution in [0.15, 0.2) is 18.2 Å². The van der Waals surface area contributed by atoms with Gasteiger partial charge in [0.1, 0.15) is 6.42 Å². The highest BCUT2D eigenvalue weighted by Crippen LogP contribution is 2.34. The average Bonchev–Trinajstić information content (AvgIpc) is 2.74. The molecule has 0 aromatic heterocycles. The van der Waals surface area contributed by atoms with E-state index in [1.54, 1.807) is 25.1 Å². The van der Waals surface area contributed by atoms with Crippen LogP contribution in [0.2, 0.25) is 0 Å². The molecule has 96 valence electrons. The second kappa shape index (κ2) is 4.95. The number of nitrogens with one attached hydrogen (secondary N) is 1. The lowest BCUT2D eigenvalue weighted by Crippen LogP contribution is -2.28. The largest absolute Gasteiger partial charge is 0.481 e. The number of aliphatic carboxylic acids is 1. The molecule has 0 fully saturated rings. The molecule has 1 atom stereocenters. The first kappa shape index (κ1) is 12.2. The molecule has 0 radical (unpaired) electrons. The van der Waals surface area contributed by atoms with Crippen LogP contribution in [0.4, 0.5) is 0 Å². The van der Waals surface area contributed by atoms with Crippen LogP contribution in [0.5, 0.6) is 11.5 Å². The van der Waals surface area contributed by atoms with E-state index in [-0.39, 0.29) is 12.8 Å². The molecule has 0 bridgehead atoms. The summed E-state index contributed by atoms with van der Waals surface area (Å²) in [6, 6.07) is 5.05. The summed E-state index contributed by atoms with van der Waals surface area (Å²) < 4.78 is 10.4. The second-order valence-corrected chi connectivity index (χ2v) is 3.97. The van der Waals surface area contributed by atoms with E-state index in [1.165, 1.54) is 0 Å². The number of hydrogen-bond donors (Lipinski definition) is 2. The number of carboxylic acid groups (broad SMARTS) is 1. The van der Waals surface area contributed by atoms with Crippen molar-refractivity contribution in [3.63, 3.8) is 0 Å². The zero-order valence-electron chi connectivity index (χ0n) is 9.80. The van der Waals surface area contributed by atoms with Crippen LogP contribution in [0, 0.1) is 0 Å². The van der Waals surface area contributed by atoms with E-state index in [2.05, 4.69) is 5.32 Å². The molecule has 1 aliphatic heterocycles. The van der Waals surface area contributed by atoms with Crippen molar-refractivity contribution in [3.8, 4) is 11.5 Å². The van der Waals surface area contributed by atoms with Gasteiger partial charge in [0, 0.05) is 0 Å². The monoisotopic (exact) mass is 251 g/mol. The minimum Gasteiger partial charge on any atom is -0.481 e. The van der Waals surface area contributed by atoms with E-state index in [4.69, 9.17) is 14.6 Å². The molecule has 1 aliphatic rings. The van der Waals surface area contributed by atoms with Crippen LogP contribution in [-0.4, -0.2) is 23.8 Å². The van der Waals surface area contributed by atoms with Crippen molar-refractivity contribution >= 4 is 11.9 Å². The minimum absolute atomic E-state index is 0.193. The van der Waals surface area contributed by atoms with Crippen LogP contribution in [0.25, 0.3) is 0 Å². The third-order valence-corrected chi connectivity index (χ3v) is 2.59. The zero-order chi connectivity index (χ0) is 13.1. The topological polar surface area (TPSA) is 84.9 Å². The fourth-order valence-corrected chi connectivity index (χ4v) is 1.70. The number of amides is 1. The van der Waals surface area contributed by atoms with Crippen molar-refractivity contribution < 1.29 is 24.2 Å². The van der Waals surface area contributed by atoms with Gasteiger partial charge in [0.15, 0.2) is 11.5 Å². The zero-order valence-corrected chi connectivity index (χ0v) is 9.80. The summed E-state index contributed by atoms with van der Waals surface area (Å²) in [5.41, 5.74) is 0.831. The Morgan fingerprint density at radius 3 is 2.83 bits per heavy atom.